The maximum atomic E-state index is 13.4. The minimum atomic E-state index is -1.26. The van der Waals surface area contributed by atoms with Crippen LogP contribution in [0.5, 0.6) is 0 Å². The first-order chi connectivity index (χ1) is 32.3. The molecule has 0 spiro atoms. The molecule has 6 amide bonds. The monoisotopic (exact) mass is 975 g/mol. The van der Waals surface area contributed by atoms with Gasteiger partial charge in [-0.05, 0) is 55.4 Å². The van der Waals surface area contributed by atoms with Gasteiger partial charge in [-0.15, -0.1) is 0 Å². The minimum Gasteiger partial charge on any atom is -0.480 e. The van der Waals surface area contributed by atoms with E-state index < -0.39 is 65.8 Å². The van der Waals surface area contributed by atoms with Crippen LogP contribution in [0.3, 0.4) is 0 Å². The van der Waals surface area contributed by atoms with Crippen molar-refractivity contribution >= 4 is 76.8 Å². The number of carboxylic acids is 3. The number of carboxylic acid groups (broad SMARTS) is 3. The van der Waals surface area contributed by atoms with Crippen molar-refractivity contribution in [2.45, 2.75) is 77.2 Å². The second-order valence-electron chi connectivity index (χ2n) is 17.4. The number of Topliss-reactive ketones (excluding diaryl/α,β-unsaturated/α-hetero) is 1. The number of amides is 6. The van der Waals surface area contributed by atoms with E-state index in [1.807, 2.05) is 6.26 Å². The lowest BCUT2D eigenvalue weighted by atomic mass is 9.97. The lowest BCUT2D eigenvalue weighted by Crippen LogP contribution is -2.51. The highest BCUT2D eigenvalue weighted by atomic mass is 32.2. The average Bonchev–Trinajstić information content (AvgIpc) is 3.75. The summed E-state index contributed by atoms with van der Waals surface area (Å²) in [5.74, 6) is -6.47. The Kier molecular flexibility index (Phi) is 22.1. The molecule has 2 unspecified atom stereocenters. The number of urea groups is 1. The number of unbranched alkanes of at least 4 members (excludes halogenated alkanes) is 1. The van der Waals surface area contributed by atoms with E-state index in [4.69, 9.17) is 4.74 Å². The van der Waals surface area contributed by atoms with E-state index >= 15 is 0 Å². The molecule has 3 aliphatic rings. The molecule has 4 rings (SSSR count). The second-order valence-corrected chi connectivity index (χ2v) is 18.3. The molecule has 1 aromatic rings. The van der Waals surface area contributed by atoms with Gasteiger partial charge in [0.05, 0.1) is 38.8 Å². The number of aliphatic carboxylic acids is 3. The third kappa shape index (κ3) is 18.4. The number of carbonyl (C=O) groups excluding carboxylic acids is 7. The Morgan fingerprint density at radius 2 is 1.44 bits per heavy atom. The zero-order valence-electron chi connectivity index (χ0n) is 38.8. The molecule has 3 fully saturated rings. The number of anilines is 1. The molecule has 5 atom stereocenters. The number of likely N-dealkylation sites (tertiary alicyclic amines) is 1. The number of hydrogen-bond donors (Lipinski definition) is 7. The molecule has 0 bridgehead atoms. The van der Waals surface area contributed by atoms with Gasteiger partial charge in [0.25, 0.3) is 0 Å². The molecule has 68 heavy (non-hydrogen) atoms. The number of carbonyl (C=O) groups is 10. The SMILES string of the molecule is CSCC[C@H](NC(=O)Nc1ccc(CNC(=O)CN2CCN(CC(=O)O)CCN(CC(=O)O)CCN3CC(=O)OC3C2)cc1)C(=O)C[C@H](C)C(=O)N[C@@H](CCCCN1C(=O)CC(C)C1=O)C(=O)O. The van der Waals surface area contributed by atoms with E-state index in [1.165, 1.54) is 23.6 Å². The van der Waals surface area contributed by atoms with Gasteiger partial charge in [0.15, 0.2) is 12.0 Å². The molecule has 1 aromatic carbocycles. The molecule has 0 saturated carbocycles. The molecule has 3 saturated heterocycles. The summed E-state index contributed by atoms with van der Waals surface area (Å²) in [4.78, 5) is 132. The minimum absolute atomic E-state index is 0.0115. The van der Waals surface area contributed by atoms with Gasteiger partial charge in [-0.2, -0.15) is 11.8 Å². The van der Waals surface area contributed by atoms with E-state index in [9.17, 15) is 63.3 Å². The number of nitrogens with zero attached hydrogens (tertiary/aromatic N) is 5. The number of nitrogens with one attached hydrogen (secondary N) is 4. The van der Waals surface area contributed by atoms with Crippen molar-refractivity contribution in [1.29, 1.82) is 0 Å². The van der Waals surface area contributed by atoms with Crippen LogP contribution >= 0.6 is 11.8 Å². The molecule has 23 nitrogen and oxygen atoms in total. The summed E-state index contributed by atoms with van der Waals surface area (Å²) in [5, 5.41) is 39.4. The molecular weight excluding hydrogens is 911 g/mol. The van der Waals surface area contributed by atoms with Gasteiger partial charge in [-0.25, -0.2) is 9.59 Å². The summed E-state index contributed by atoms with van der Waals surface area (Å²) >= 11 is 1.46. The maximum Gasteiger partial charge on any atom is 0.326 e. The van der Waals surface area contributed by atoms with Gasteiger partial charge in [-0.1, -0.05) is 26.0 Å². The highest BCUT2D eigenvalue weighted by Crippen LogP contribution is 2.20. The fraction of sp³-hybridized carbons (Fsp3) is 0.636. The Hall–Kier alpha value is -5.69. The van der Waals surface area contributed by atoms with E-state index in [2.05, 4.69) is 21.3 Å². The highest BCUT2D eigenvalue weighted by molar-refractivity contribution is 7.98. The van der Waals surface area contributed by atoms with Crippen molar-refractivity contribution in [3.8, 4) is 0 Å². The average molecular weight is 976 g/mol. The molecule has 24 heteroatoms. The summed E-state index contributed by atoms with van der Waals surface area (Å²) in [6.45, 7) is 4.70. The Bertz CT molecular complexity index is 1980. The first-order valence-electron chi connectivity index (χ1n) is 22.7. The van der Waals surface area contributed by atoms with Crippen molar-refractivity contribution < 1.29 is 68.0 Å². The number of hydrogen-bond acceptors (Lipinski definition) is 16. The predicted molar refractivity (Wildman–Crippen MR) is 246 cm³/mol. The second kappa shape index (κ2) is 27.3. The summed E-state index contributed by atoms with van der Waals surface area (Å²) in [6.07, 6.45) is 2.06. The first-order valence-corrected chi connectivity index (χ1v) is 24.1. The third-order valence-electron chi connectivity index (χ3n) is 11.8. The summed E-state index contributed by atoms with van der Waals surface area (Å²) in [7, 11) is 0. The first kappa shape index (κ1) is 54.9. The zero-order chi connectivity index (χ0) is 49.9. The Balaban J connectivity index is 1.25. The Morgan fingerprint density at radius 3 is 2.03 bits per heavy atom. The van der Waals surface area contributed by atoms with E-state index in [1.54, 1.807) is 50.8 Å². The third-order valence-corrected chi connectivity index (χ3v) is 12.5. The normalized spacial score (nSPS) is 20.2. The van der Waals surface area contributed by atoms with Crippen LogP contribution in [0.25, 0.3) is 0 Å². The molecule has 376 valence electrons. The number of ketones is 1. The lowest BCUT2D eigenvalue weighted by molar-refractivity contribution is -0.143. The van der Waals surface area contributed by atoms with Crippen LogP contribution in [0.1, 0.15) is 57.9 Å². The van der Waals surface area contributed by atoms with Gasteiger partial charge in [-0.3, -0.25) is 62.9 Å². The van der Waals surface area contributed by atoms with Crippen LogP contribution in [0.15, 0.2) is 24.3 Å². The number of benzene rings is 1. The van der Waals surface area contributed by atoms with Crippen LogP contribution < -0.4 is 21.3 Å². The van der Waals surface area contributed by atoms with Crippen molar-refractivity contribution in [3.05, 3.63) is 29.8 Å². The van der Waals surface area contributed by atoms with Crippen LogP contribution in [0.4, 0.5) is 10.5 Å². The topological polar surface area (TPSA) is 305 Å². The van der Waals surface area contributed by atoms with Gasteiger partial charge >= 0.3 is 29.9 Å². The number of fused-ring (bicyclic) bond motifs is 1. The summed E-state index contributed by atoms with van der Waals surface area (Å²) in [6, 6.07) is 3.75. The van der Waals surface area contributed by atoms with Crippen LogP contribution in [0.2, 0.25) is 0 Å². The van der Waals surface area contributed by atoms with Crippen molar-refractivity contribution in [2.24, 2.45) is 11.8 Å². The van der Waals surface area contributed by atoms with E-state index in [0.29, 0.717) is 42.9 Å². The van der Waals surface area contributed by atoms with E-state index in [-0.39, 0.29) is 121 Å². The molecule has 7 N–H and O–H groups in total. The number of esters is 1. The Morgan fingerprint density at radius 1 is 0.809 bits per heavy atom. The number of imide groups is 1. The molecule has 3 aliphatic heterocycles. The molecule has 0 aliphatic carbocycles. The standard InChI is InChI=1S/C44H65N9O14S/c1-28(41(62)47-33(43(64)65)6-4-5-12-53-36(56)21-29(2)42(53)63)20-34(54)32(11-19-68-3)48-44(66)46-31-9-7-30(8-10-31)22-45-35(55)23-51-16-15-49(25-38(57)58)13-14-50(26-39(59)60)17-18-52-27-40(61)67-37(52)24-51/h7-10,28-29,32-33,37H,4-6,11-27H2,1-3H3,(H,45,55)(H,47,62)(H,57,58)(H,59,60)(H,64,65)(H2,46,48,66)/t28-,29?,32-,33-,37?/m0/s1. The maximum absolute atomic E-state index is 13.4. The van der Waals surface area contributed by atoms with E-state index in [0.717, 1.165) is 0 Å². The highest BCUT2D eigenvalue weighted by Gasteiger charge is 2.36. The van der Waals surface area contributed by atoms with Crippen molar-refractivity contribution in [1.82, 2.24) is 40.4 Å². The quantitative estimate of drug-likeness (QED) is 0.0392. The zero-order valence-corrected chi connectivity index (χ0v) is 39.6. The molecule has 0 radical (unpaired) electrons. The Labute approximate surface area is 399 Å². The van der Waals surface area contributed by atoms with Crippen molar-refractivity contribution in [2.75, 3.05) is 95.9 Å². The number of thioether (sulfide) groups is 1. The molecular formula is C44H65N9O14S. The molecule has 3 heterocycles. The molecule has 0 aromatic heterocycles. The number of rotatable bonds is 24. The largest absolute Gasteiger partial charge is 0.480 e. The predicted octanol–water partition coefficient (Wildman–Crippen LogP) is -0.450. The fourth-order valence-electron chi connectivity index (χ4n) is 7.97. The smallest absolute Gasteiger partial charge is 0.326 e. The van der Waals surface area contributed by atoms with Crippen LogP contribution in [-0.4, -0.2) is 208 Å². The van der Waals surface area contributed by atoms with Gasteiger partial charge in [0.2, 0.25) is 23.6 Å². The van der Waals surface area contributed by atoms with Gasteiger partial charge in [0, 0.05) is 82.7 Å². The number of ether oxygens (including phenoxy) is 1. The van der Waals surface area contributed by atoms with Crippen molar-refractivity contribution in [3.63, 3.8) is 0 Å². The van der Waals surface area contributed by atoms with Crippen LogP contribution in [0, 0.1) is 11.8 Å². The summed E-state index contributed by atoms with van der Waals surface area (Å²) < 4.78 is 5.55. The summed E-state index contributed by atoms with van der Waals surface area (Å²) in [5.41, 5.74) is 1.09. The van der Waals surface area contributed by atoms with Crippen LogP contribution in [-0.2, 0) is 54.4 Å². The fourth-order valence-corrected chi connectivity index (χ4v) is 8.44. The van der Waals surface area contributed by atoms with Gasteiger partial charge < -0.3 is 41.3 Å². The van der Waals surface area contributed by atoms with Gasteiger partial charge in [0.1, 0.15) is 6.04 Å². The lowest BCUT2D eigenvalue weighted by Gasteiger charge is -2.33.